The summed E-state index contributed by atoms with van der Waals surface area (Å²) in [6.45, 7) is 7.35. The van der Waals surface area contributed by atoms with Gasteiger partial charge in [-0.05, 0) is 12.3 Å². The predicted octanol–water partition coefficient (Wildman–Crippen LogP) is 1.81. The van der Waals surface area contributed by atoms with Gasteiger partial charge < -0.3 is 10.4 Å². The number of carboxylic acids is 1. The molecule has 0 saturated heterocycles. The number of hydrogen-bond donors (Lipinski definition) is 2. The van der Waals surface area contributed by atoms with Crippen molar-refractivity contribution >= 4 is 23.2 Å². The van der Waals surface area contributed by atoms with Crippen molar-refractivity contribution in [1.29, 1.82) is 0 Å². The van der Waals surface area contributed by atoms with Crippen molar-refractivity contribution in [2.24, 2.45) is 11.3 Å². The molecular weight excluding hydrogens is 252 g/mol. The largest absolute Gasteiger partial charge is 0.481 e. The summed E-state index contributed by atoms with van der Waals surface area (Å²) in [6.07, 6.45) is 0. The van der Waals surface area contributed by atoms with Crippen LogP contribution in [0.1, 0.15) is 31.5 Å². The smallest absolute Gasteiger partial charge is 0.316 e. The molecule has 1 atom stereocenters. The lowest BCUT2D eigenvalue weighted by atomic mass is 9.80. The second-order valence-corrected chi connectivity index (χ2v) is 6.28. The zero-order valence-corrected chi connectivity index (χ0v) is 11.8. The Labute approximate surface area is 110 Å². The van der Waals surface area contributed by atoms with Crippen LogP contribution in [-0.4, -0.2) is 22.0 Å². The van der Waals surface area contributed by atoms with E-state index >= 15 is 0 Å². The molecule has 1 aromatic heterocycles. The molecule has 1 unspecified atom stereocenters. The topological polar surface area (TPSA) is 79.3 Å². The van der Waals surface area contributed by atoms with Gasteiger partial charge in [0, 0.05) is 5.38 Å². The quantitative estimate of drug-likeness (QED) is 0.818. The zero-order valence-electron chi connectivity index (χ0n) is 11.0. The standard InChI is InChI=1S/C12H18N2O3S/c1-7-14-8(6-18-7)5-13-10(15)9(11(16)17)12(2,3)4/h6,9H,5H2,1-4H3,(H,13,15)(H,16,17). The summed E-state index contributed by atoms with van der Waals surface area (Å²) in [7, 11) is 0. The van der Waals surface area contributed by atoms with E-state index in [9.17, 15) is 9.59 Å². The first-order valence-electron chi connectivity index (χ1n) is 5.63. The summed E-state index contributed by atoms with van der Waals surface area (Å²) in [5.41, 5.74) is 0.136. The van der Waals surface area contributed by atoms with E-state index in [-0.39, 0.29) is 6.54 Å². The maximum Gasteiger partial charge on any atom is 0.316 e. The third-order valence-corrected chi connectivity index (χ3v) is 3.31. The molecule has 0 aliphatic heterocycles. The van der Waals surface area contributed by atoms with Crippen molar-refractivity contribution in [3.8, 4) is 0 Å². The molecule has 1 rings (SSSR count). The van der Waals surface area contributed by atoms with Crippen molar-refractivity contribution in [1.82, 2.24) is 10.3 Å². The molecule has 1 heterocycles. The van der Waals surface area contributed by atoms with Crippen LogP contribution in [0.15, 0.2) is 5.38 Å². The van der Waals surface area contributed by atoms with Gasteiger partial charge in [-0.25, -0.2) is 4.98 Å². The molecule has 0 saturated carbocycles. The molecule has 5 nitrogen and oxygen atoms in total. The van der Waals surface area contributed by atoms with Gasteiger partial charge >= 0.3 is 5.97 Å². The van der Waals surface area contributed by atoms with E-state index in [1.54, 1.807) is 20.8 Å². The van der Waals surface area contributed by atoms with Gasteiger partial charge in [0.05, 0.1) is 17.2 Å². The minimum absolute atomic E-state index is 0.267. The van der Waals surface area contributed by atoms with E-state index in [2.05, 4.69) is 10.3 Å². The first-order chi connectivity index (χ1) is 8.21. The molecule has 6 heteroatoms. The number of amides is 1. The van der Waals surface area contributed by atoms with Crippen LogP contribution in [0.2, 0.25) is 0 Å². The maximum absolute atomic E-state index is 11.9. The highest BCUT2D eigenvalue weighted by Gasteiger charge is 2.37. The molecule has 2 N–H and O–H groups in total. The number of hydrogen-bond acceptors (Lipinski definition) is 4. The van der Waals surface area contributed by atoms with Gasteiger partial charge in [-0.15, -0.1) is 11.3 Å². The predicted molar refractivity (Wildman–Crippen MR) is 69.3 cm³/mol. The Balaban J connectivity index is 2.66. The highest BCUT2D eigenvalue weighted by molar-refractivity contribution is 7.09. The van der Waals surface area contributed by atoms with Gasteiger partial charge in [-0.2, -0.15) is 0 Å². The summed E-state index contributed by atoms with van der Waals surface area (Å²) >= 11 is 1.50. The Morgan fingerprint density at radius 1 is 1.50 bits per heavy atom. The van der Waals surface area contributed by atoms with Crippen LogP contribution < -0.4 is 5.32 Å². The van der Waals surface area contributed by atoms with Crippen molar-refractivity contribution in [2.45, 2.75) is 34.2 Å². The van der Waals surface area contributed by atoms with Gasteiger partial charge in [0.15, 0.2) is 0 Å². The molecule has 0 aromatic carbocycles. The Hall–Kier alpha value is -1.43. The van der Waals surface area contributed by atoms with Gasteiger partial charge in [-0.1, -0.05) is 20.8 Å². The van der Waals surface area contributed by atoms with Crippen molar-refractivity contribution < 1.29 is 14.7 Å². The zero-order chi connectivity index (χ0) is 13.9. The third-order valence-electron chi connectivity index (χ3n) is 2.49. The first-order valence-corrected chi connectivity index (χ1v) is 6.51. The van der Waals surface area contributed by atoms with Crippen molar-refractivity contribution in [3.63, 3.8) is 0 Å². The fourth-order valence-corrected chi connectivity index (χ4v) is 2.26. The minimum Gasteiger partial charge on any atom is -0.481 e. The fraction of sp³-hybridized carbons (Fsp3) is 0.583. The third kappa shape index (κ3) is 3.80. The van der Waals surface area contributed by atoms with Gasteiger partial charge in [0.1, 0.15) is 5.92 Å². The number of rotatable bonds is 4. The highest BCUT2D eigenvalue weighted by atomic mass is 32.1. The number of aromatic nitrogens is 1. The van der Waals surface area contributed by atoms with E-state index < -0.39 is 23.2 Å². The van der Waals surface area contributed by atoms with E-state index in [4.69, 9.17) is 5.11 Å². The van der Waals surface area contributed by atoms with Crippen LogP contribution in [0.5, 0.6) is 0 Å². The van der Waals surface area contributed by atoms with Gasteiger partial charge in [-0.3, -0.25) is 9.59 Å². The van der Waals surface area contributed by atoms with Gasteiger partial charge in [0.2, 0.25) is 5.91 Å². The number of carboxylic acid groups (broad SMARTS) is 1. The fourth-order valence-electron chi connectivity index (χ4n) is 1.65. The van der Waals surface area contributed by atoms with E-state index in [1.165, 1.54) is 11.3 Å². The second-order valence-electron chi connectivity index (χ2n) is 5.21. The SMILES string of the molecule is Cc1nc(CNC(=O)C(C(=O)O)C(C)(C)C)cs1. The Morgan fingerprint density at radius 2 is 2.11 bits per heavy atom. The molecule has 0 radical (unpaired) electrons. The molecule has 1 aromatic rings. The Bertz CT molecular complexity index is 448. The summed E-state index contributed by atoms with van der Waals surface area (Å²) in [5, 5.41) is 14.5. The van der Waals surface area contributed by atoms with Crippen LogP contribution >= 0.6 is 11.3 Å². The minimum atomic E-state index is -1.10. The van der Waals surface area contributed by atoms with Crippen LogP contribution in [0.3, 0.4) is 0 Å². The van der Waals surface area contributed by atoms with E-state index in [1.807, 2.05) is 12.3 Å². The number of aliphatic carboxylic acids is 1. The van der Waals surface area contributed by atoms with E-state index in [0.29, 0.717) is 0 Å². The number of thiazole rings is 1. The number of aryl methyl sites for hydroxylation is 1. The average molecular weight is 270 g/mol. The average Bonchev–Trinajstić information content (AvgIpc) is 2.58. The number of carbonyl (C=O) groups is 2. The Morgan fingerprint density at radius 3 is 2.50 bits per heavy atom. The maximum atomic E-state index is 11.9. The first kappa shape index (κ1) is 14.6. The molecule has 0 bridgehead atoms. The molecule has 1 amide bonds. The molecule has 0 fully saturated rings. The molecule has 18 heavy (non-hydrogen) atoms. The molecule has 0 aliphatic carbocycles. The van der Waals surface area contributed by atoms with E-state index in [0.717, 1.165) is 10.7 Å². The Kier molecular flexibility index (Phi) is 4.45. The van der Waals surface area contributed by atoms with Crippen LogP contribution in [0, 0.1) is 18.3 Å². The normalized spacial score (nSPS) is 13.1. The molecule has 100 valence electrons. The summed E-state index contributed by atoms with van der Waals surface area (Å²) in [6, 6.07) is 0. The van der Waals surface area contributed by atoms with Crippen molar-refractivity contribution in [2.75, 3.05) is 0 Å². The second kappa shape index (κ2) is 5.48. The lowest BCUT2D eigenvalue weighted by molar-refractivity contribution is -0.151. The molecular formula is C12H18N2O3S. The van der Waals surface area contributed by atoms with Crippen molar-refractivity contribution in [3.05, 3.63) is 16.1 Å². The highest BCUT2D eigenvalue weighted by Crippen LogP contribution is 2.26. The molecule has 0 spiro atoms. The molecule has 0 aliphatic rings. The summed E-state index contributed by atoms with van der Waals surface area (Å²) in [4.78, 5) is 27.2. The monoisotopic (exact) mass is 270 g/mol. The number of carbonyl (C=O) groups excluding carboxylic acids is 1. The summed E-state index contributed by atoms with van der Waals surface area (Å²) in [5.74, 6) is -2.63. The van der Waals surface area contributed by atoms with Gasteiger partial charge in [0.25, 0.3) is 0 Å². The van der Waals surface area contributed by atoms with Crippen LogP contribution in [0.25, 0.3) is 0 Å². The lowest BCUT2D eigenvalue weighted by Crippen LogP contribution is -2.42. The lowest BCUT2D eigenvalue weighted by Gasteiger charge is -2.25. The van der Waals surface area contributed by atoms with Crippen LogP contribution in [0.4, 0.5) is 0 Å². The number of nitrogens with one attached hydrogen (secondary N) is 1. The van der Waals surface area contributed by atoms with Crippen LogP contribution in [-0.2, 0) is 16.1 Å². The summed E-state index contributed by atoms with van der Waals surface area (Å²) < 4.78 is 0. The number of nitrogens with zero attached hydrogens (tertiary/aromatic N) is 1.